The molecule has 0 bridgehead atoms. The Balaban J connectivity index is 1.55. The van der Waals surface area contributed by atoms with E-state index in [1.165, 1.54) is 57.3 Å². The molecule has 79 heavy (non-hydrogen) atoms. The lowest BCUT2D eigenvalue weighted by Gasteiger charge is -2.36. The highest BCUT2D eigenvalue weighted by Gasteiger charge is 2.44. The molecule has 0 aromatic heterocycles. The van der Waals surface area contributed by atoms with E-state index in [9.17, 15) is 47.9 Å². The summed E-state index contributed by atoms with van der Waals surface area (Å²) in [6.07, 6.45) is 4.15. The van der Waals surface area contributed by atoms with Gasteiger partial charge in [-0.3, -0.25) is 47.9 Å². The SMILES string of the molecule is CCN1CC(=O)N[C@@H](CCC(C)C)C(=O)N2CCC[C@@H]2C(=O)N(C)[C@@H](CC(C)C)C(=O)N[C@@H](C)C(=O)N(CC2CCOCC2)CC(=O)N[C@@H](Cc2ccccc2)C(=O)N2CCC[C@@H]2C(=O)N(C)[C@@H](CC(C)C)C(=O)N[C@@H](C)C1=O. The van der Waals surface area contributed by atoms with Gasteiger partial charge in [0.25, 0.3) is 0 Å². The standard InChI is InChI=1S/C58H92N10O11/c1-12-65-34-49(69)61-43(23-22-36(2)3)55(75)67-26-16-20-45(67)57(77)63(10)48(31-38(6)7)52(72)60-40(9)54(74)66(33-42-24-28-79-29-25-42)35-50(70)62-44(32-41-18-14-13-15-19-41)56(76)68-27-17-21-46(68)58(78)64(11)47(30-37(4)5)51(71)59-39(8)53(65)73/h13-15,18-19,36-40,42-48H,12,16-17,20-35H2,1-11H3,(H,59,71)(H,60,72)(H,61,69)(H,62,70)/t39-,40-,43-,44-,45+,46+,47-,48-/m0/s1. The Morgan fingerprint density at radius 2 is 1.01 bits per heavy atom. The molecule has 4 aliphatic heterocycles. The normalized spacial score (nSPS) is 27.2. The maximum absolute atomic E-state index is 14.9. The molecule has 4 fully saturated rings. The third-order valence-corrected chi connectivity index (χ3v) is 15.8. The van der Waals surface area contributed by atoms with E-state index >= 15 is 0 Å². The second-order valence-corrected chi connectivity index (χ2v) is 23.6. The monoisotopic (exact) mass is 1100 g/mol. The Bertz CT molecular complexity index is 2290. The summed E-state index contributed by atoms with van der Waals surface area (Å²) in [6.45, 7) is 17.1. The lowest BCUT2D eigenvalue weighted by molar-refractivity contribution is -0.149. The van der Waals surface area contributed by atoms with Crippen molar-refractivity contribution in [3.63, 3.8) is 0 Å². The molecule has 0 unspecified atom stereocenters. The number of rotatable bonds is 12. The van der Waals surface area contributed by atoms with Gasteiger partial charge in [-0.25, -0.2) is 0 Å². The van der Waals surface area contributed by atoms with Gasteiger partial charge in [0.1, 0.15) is 48.3 Å². The van der Waals surface area contributed by atoms with Gasteiger partial charge in [0.2, 0.25) is 59.1 Å². The van der Waals surface area contributed by atoms with Crippen LogP contribution in [0.4, 0.5) is 0 Å². The maximum atomic E-state index is 14.9. The number of carbonyl (C=O) groups excluding carboxylic acids is 10. The molecular formula is C58H92N10O11. The van der Waals surface area contributed by atoms with E-state index in [-0.39, 0.29) is 75.5 Å². The number of amides is 10. The molecule has 4 heterocycles. The molecule has 4 N–H and O–H groups in total. The van der Waals surface area contributed by atoms with E-state index in [0.29, 0.717) is 58.2 Å². The molecule has 0 spiro atoms. The average Bonchev–Trinajstić information content (AvgIpc) is 4.25. The highest BCUT2D eigenvalue weighted by atomic mass is 16.5. The number of hydrogen-bond acceptors (Lipinski definition) is 11. The molecule has 1 aromatic rings. The Hall–Kier alpha value is -6.12. The van der Waals surface area contributed by atoms with Gasteiger partial charge in [0.05, 0.1) is 13.1 Å². The first kappa shape index (κ1) is 63.7. The molecule has 21 heteroatoms. The predicted octanol–water partition coefficient (Wildman–Crippen LogP) is 2.49. The van der Waals surface area contributed by atoms with E-state index in [1.807, 2.05) is 71.9 Å². The predicted molar refractivity (Wildman–Crippen MR) is 297 cm³/mol. The molecule has 0 radical (unpaired) electrons. The molecule has 0 saturated carbocycles. The molecule has 4 saturated heterocycles. The summed E-state index contributed by atoms with van der Waals surface area (Å²) < 4.78 is 5.61. The molecular weight excluding hydrogens is 1010 g/mol. The molecule has 4 aliphatic rings. The third kappa shape index (κ3) is 17.7. The van der Waals surface area contributed by atoms with Crippen LogP contribution in [0.2, 0.25) is 0 Å². The van der Waals surface area contributed by atoms with Crippen LogP contribution in [0.1, 0.15) is 132 Å². The van der Waals surface area contributed by atoms with Crippen LogP contribution in [0.25, 0.3) is 0 Å². The van der Waals surface area contributed by atoms with E-state index in [0.717, 1.165) is 5.56 Å². The van der Waals surface area contributed by atoms with Crippen LogP contribution in [0.3, 0.4) is 0 Å². The van der Waals surface area contributed by atoms with Crippen LogP contribution in [0.15, 0.2) is 30.3 Å². The first-order valence-corrected chi connectivity index (χ1v) is 28.9. The summed E-state index contributed by atoms with van der Waals surface area (Å²) >= 11 is 0. The van der Waals surface area contributed by atoms with E-state index < -0.39 is 120 Å². The number of nitrogens with zero attached hydrogens (tertiary/aromatic N) is 6. The summed E-state index contributed by atoms with van der Waals surface area (Å²) in [7, 11) is 3.02. The summed E-state index contributed by atoms with van der Waals surface area (Å²) in [5.74, 6) is -5.50. The van der Waals surface area contributed by atoms with Crippen molar-refractivity contribution >= 4 is 59.1 Å². The zero-order chi connectivity index (χ0) is 58.2. The van der Waals surface area contributed by atoms with E-state index in [4.69, 9.17) is 4.74 Å². The average molecular weight is 1110 g/mol. The van der Waals surface area contributed by atoms with Crippen LogP contribution in [0.5, 0.6) is 0 Å². The van der Waals surface area contributed by atoms with Crippen LogP contribution < -0.4 is 21.3 Å². The summed E-state index contributed by atoms with van der Waals surface area (Å²) in [6, 6.07) is 0.564. The fourth-order valence-electron chi connectivity index (χ4n) is 11.3. The summed E-state index contributed by atoms with van der Waals surface area (Å²) in [4.78, 5) is 153. The topological polar surface area (TPSA) is 247 Å². The van der Waals surface area contributed by atoms with Crippen molar-refractivity contribution in [2.75, 3.05) is 66.6 Å². The van der Waals surface area contributed by atoms with Crippen molar-refractivity contribution in [3.8, 4) is 0 Å². The Labute approximate surface area is 468 Å². The van der Waals surface area contributed by atoms with Crippen LogP contribution in [0, 0.1) is 23.7 Å². The van der Waals surface area contributed by atoms with Crippen molar-refractivity contribution < 1.29 is 52.7 Å². The highest BCUT2D eigenvalue weighted by Crippen LogP contribution is 2.26. The van der Waals surface area contributed by atoms with E-state index in [1.54, 1.807) is 6.92 Å². The van der Waals surface area contributed by atoms with Crippen LogP contribution in [-0.2, 0) is 59.1 Å². The second kappa shape index (κ2) is 29.9. The maximum Gasteiger partial charge on any atom is 0.246 e. The first-order chi connectivity index (χ1) is 37.4. The lowest BCUT2D eigenvalue weighted by Crippen LogP contribution is -2.60. The third-order valence-electron chi connectivity index (χ3n) is 15.8. The number of fused-ring (bicyclic) bond motifs is 2. The molecule has 1 aromatic carbocycles. The van der Waals surface area contributed by atoms with Crippen LogP contribution in [-0.4, -0.2) is 203 Å². The minimum Gasteiger partial charge on any atom is -0.381 e. The number of benzene rings is 1. The van der Waals surface area contributed by atoms with Gasteiger partial charge in [-0.1, -0.05) is 71.9 Å². The summed E-state index contributed by atoms with van der Waals surface area (Å²) in [5, 5.41) is 11.4. The Kier molecular flexibility index (Phi) is 24.1. The van der Waals surface area contributed by atoms with Gasteiger partial charge in [-0.15, -0.1) is 0 Å². The van der Waals surface area contributed by atoms with Crippen LogP contribution >= 0.6 is 0 Å². The number of likely N-dealkylation sites (N-methyl/N-ethyl adjacent to an activating group) is 3. The van der Waals surface area contributed by atoms with Gasteiger partial charge in [-0.05, 0) is 114 Å². The number of nitrogens with one attached hydrogen (secondary N) is 4. The van der Waals surface area contributed by atoms with Gasteiger partial charge in [0.15, 0.2) is 0 Å². The van der Waals surface area contributed by atoms with Gasteiger partial charge >= 0.3 is 0 Å². The molecule has 0 aliphatic carbocycles. The zero-order valence-corrected chi connectivity index (χ0v) is 48.9. The minimum absolute atomic E-state index is 0.0320. The van der Waals surface area contributed by atoms with Crippen molar-refractivity contribution in [2.24, 2.45) is 23.7 Å². The molecule has 10 amide bonds. The smallest absolute Gasteiger partial charge is 0.246 e. The minimum atomic E-state index is -1.17. The largest absolute Gasteiger partial charge is 0.381 e. The Morgan fingerprint density at radius 3 is 1.48 bits per heavy atom. The highest BCUT2D eigenvalue weighted by molar-refractivity contribution is 5.99. The number of hydrogen-bond donors (Lipinski definition) is 4. The van der Waals surface area contributed by atoms with Gasteiger partial charge in [-0.2, -0.15) is 0 Å². The second-order valence-electron chi connectivity index (χ2n) is 23.6. The molecule has 5 rings (SSSR count). The zero-order valence-electron chi connectivity index (χ0n) is 48.9. The Morgan fingerprint density at radius 1 is 0.557 bits per heavy atom. The molecule has 21 nitrogen and oxygen atoms in total. The first-order valence-electron chi connectivity index (χ1n) is 28.9. The van der Waals surface area contributed by atoms with Gasteiger partial charge in [0, 0.05) is 59.9 Å². The van der Waals surface area contributed by atoms with E-state index in [2.05, 4.69) is 21.3 Å². The van der Waals surface area contributed by atoms with Crippen molar-refractivity contribution in [1.82, 2.24) is 50.7 Å². The summed E-state index contributed by atoms with van der Waals surface area (Å²) in [5.41, 5.74) is 0.737. The fraction of sp³-hybridized carbons (Fsp3) is 0.724. The quantitative estimate of drug-likeness (QED) is 0.237. The number of ether oxygens (including phenoxy) is 1. The fourth-order valence-corrected chi connectivity index (χ4v) is 11.3. The van der Waals surface area contributed by atoms with Crippen molar-refractivity contribution in [2.45, 2.75) is 181 Å². The number of carbonyl (C=O) groups is 10. The molecule has 8 atom stereocenters. The molecule has 440 valence electrons. The lowest BCUT2D eigenvalue weighted by atomic mass is 9.99. The van der Waals surface area contributed by atoms with Crippen molar-refractivity contribution in [1.29, 1.82) is 0 Å². The van der Waals surface area contributed by atoms with Gasteiger partial charge < -0.3 is 55.4 Å². The van der Waals surface area contributed by atoms with Crippen molar-refractivity contribution in [3.05, 3.63) is 35.9 Å².